The second-order valence-corrected chi connectivity index (χ2v) is 5.28. The van der Waals surface area contributed by atoms with Gasteiger partial charge in [-0.15, -0.1) is 0 Å². The van der Waals surface area contributed by atoms with Crippen molar-refractivity contribution in [2.45, 2.75) is 13.0 Å². The normalized spacial score (nSPS) is 10.4. The van der Waals surface area contributed by atoms with E-state index in [1.165, 1.54) is 37.7 Å². The Labute approximate surface area is 154 Å². The van der Waals surface area contributed by atoms with E-state index in [0.29, 0.717) is 12.0 Å². The van der Waals surface area contributed by atoms with Crippen LogP contribution in [0.1, 0.15) is 15.9 Å². The molecule has 0 atom stereocenters. The van der Waals surface area contributed by atoms with Crippen LogP contribution < -0.4 is 14.8 Å². The van der Waals surface area contributed by atoms with Crippen molar-refractivity contribution in [2.24, 2.45) is 0 Å². The van der Waals surface area contributed by atoms with E-state index < -0.39 is 25.1 Å². The maximum absolute atomic E-state index is 12.3. The number of hydrogen-bond donors (Lipinski definition) is 1. The van der Waals surface area contributed by atoms with E-state index in [1.807, 2.05) is 0 Å². The van der Waals surface area contributed by atoms with Crippen LogP contribution in [-0.4, -0.2) is 43.7 Å². The van der Waals surface area contributed by atoms with E-state index in [1.54, 1.807) is 12.1 Å². The maximum Gasteiger partial charge on any atom is 0.387 e. The third-order valence-corrected chi connectivity index (χ3v) is 3.43. The van der Waals surface area contributed by atoms with Crippen molar-refractivity contribution in [3.63, 3.8) is 0 Å². The molecule has 1 heterocycles. The number of carbonyl (C=O) groups excluding carboxylic acids is 2. The zero-order valence-electron chi connectivity index (χ0n) is 14.5. The number of benzene rings is 1. The molecule has 1 aromatic carbocycles. The van der Waals surface area contributed by atoms with Crippen molar-refractivity contribution < 1.29 is 32.6 Å². The fourth-order valence-electron chi connectivity index (χ4n) is 2.16. The summed E-state index contributed by atoms with van der Waals surface area (Å²) < 4.78 is 38.9. The molecule has 9 heteroatoms. The molecule has 0 saturated heterocycles. The Morgan fingerprint density at radius 2 is 1.89 bits per heavy atom. The molecule has 0 fully saturated rings. The second kappa shape index (κ2) is 10.0. The van der Waals surface area contributed by atoms with Gasteiger partial charge in [0.1, 0.15) is 0 Å². The number of aromatic nitrogens is 1. The molecule has 7 nitrogen and oxygen atoms in total. The second-order valence-electron chi connectivity index (χ2n) is 5.28. The molecule has 0 saturated carbocycles. The molecule has 0 unspecified atom stereocenters. The first-order chi connectivity index (χ1) is 13.0. The van der Waals surface area contributed by atoms with Crippen LogP contribution in [0.3, 0.4) is 0 Å². The van der Waals surface area contributed by atoms with Gasteiger partial charge in [-0.05, 0) is 36.2 Å². The Morgan fingerprint density at radius 1 is 1.15 bits per heavy atom. The number of pyridine rings is 1. The third-order valence-electron chi connectivity index (χ3n) is 3.43. The lowest BCUT2D eigenvalue weighted by molar-refractivity contribution is -0.124. The lowest BCUT2D eigenvalue weighted by atomic mass is 10.1. The van der Waals surface area contributed by atoms with Gasteiger partial charge in [-0.3, -0.25) is 9.78 Å². The van der Waals surface area contributed by atoms with Gasteiger partial charge in [0, 0.05) is 18.9 Å². The van der Waals surface area contributed by atoms with Crippen LogP contribution in [-0.2, 0) is 16.0 Å². The summed E-state index contributed by atoms with van der Waals surface area (Å²) >= 11 is 0. The van der Waals surface area contributed by atoms with Gasteiger partial charge in [-0.25, -0.2) is 4.79 Å². The topological polar surface area (TPSA) is 86.8 Å². The largest absolute Gasteiger partial charge is 0.493 e. The van der Waals surface area contributed by atoms with Gasteiger partial charge < -0.3 is 19.5 Å². The summed E-state index contributed by atoms with van der Waals surface area (Å²) in [7, 11) is 1.34. The van der Waals surface area contributed by atoms with Crippen LogP contribution in [0.25, 0.3) is 0 Å². The molecule has 27 heavy (non-hydrogen) atoms. The van der Waals surface area contributed by atoms with Crippen LogP contribution >= 0.6 is 0 Å². The van der Waals surface area contributed by atoms with Crippen molar-refractivity contribution in [2.75, 3.05) is 20.3 Å². The summed E-state index contributed by atoms with van der Waals surface area (Å²) in [6, 6.07) is 7.48. The number of nitrogens with zero attached hydrogens (tertiary/aromatic N) is 1. The first-order valence-corrected chi connectivity index (χ1v) is 7.95. The number of alkyl halides is 2. The van der Waals surface area contributed by atoms with Gasteiger partial charge in [-0.2, -0.15) is 8.78 Å². The molecule has 1 aromatic heterocycles. The van der Waals surface area contributed by atoms with E-state index in [4.69, 9.17) is 9.47 Å². The zero-order chi connectivity index (χ0) is 19.6. The van der Waals surface area contributed by atoms with Gasteiger partial charge in [0.15, 0.2) is 18.1 Å². The zero-order valence-corrected chi connectivity index (χ0v) is 14.5. The highest BCUT2D eigenvalue weighted by atomic mass is 19.3. The summed E-state index contributed by atoms with van der Waals surface area (Å²) in [4.78, 5) is 27.2. The lowest BCUT2D eigenvalue weighted by Crippen LogP contribution is -2.30. The molecular weight excluding hydrogens is 362 g/mol. The highest BCUT2D eigenvalue weighted by Gasteiger charge is 2.12. The summed E-state index contributed by atoms with van der Waals surface area (Å²) in [5.74, 6) is -0.970. The third kappa shape index (κ3) is 6.53. The lowest BCUT2D eigenvalue weighted by Gasteiger charge is -2.12. The fourth-order valence-corrected chi connectivity index (χ4v) is 2.16. The van der Waals surface area contributed by atoms with E-state index in [9.17, 15) is 18.4 Å². The van der Waals surface area contributed by atoms with Crippen molar-refractivity contribution >= 4 is 11.9 Å². The maximum atomic E-state index is 12.3. The molecule has 144 valence electrons. The van der Waals surface area contributed by atoms with Crippen molar-refractivity contribution in [3.05, 3.63) is 53.9 Å². The standard InChI is InChI=1S/C18H18F2N2O5/c1-25-15-10-12(2-3-14(15)27-18(19)20)4-9-22-16(23)11-26-17(24)13-5-7-21-8-6-13/h2-3,5-8,10,18H,4,9,11H2,1H3,(H,22,23). The predicted molar refractivity (Wildman–Crippen MR) is 90.9 cm³/mol. The summed E-state index contributed by atoms with van der Waals surface area (Å²) in [6.45, 7) is -3.09. The number of halogens is 2. The monoisotopic (exact) mass is 380 g/mol. The van der Waals surface area contributed by atoms with E-state index in [0.717, 1.165) is 5.56 Å². The molecule has 2 rings (SSSR count). The molecule has 1 N–H and O–H groups in total. The van der Waals surface area contributed by atoms with E-state index in [-0.39, 0.29) is 18.0 Å². The number of esters is 1. The fraction of sp³-hybridized carbons (Fsp3) is 0.278. The highest BCUT2D eigenvalue weighted by Crippen LogP contribution is 2.29. The van der Waals surface area contributed by atoms with Gasteiger partial charge >= 0.3 is 12.6 Å². The Balaban J connectivity index is 1.77. The number of methoxy groups -OCH3 is 1. The Bertz CT molecular complexity index is 772. The minimum atomic E-state index is -2.95. The Hall–Kier alpha value is -3.23. The number of rotatable bonds is 9. The molecule has 0 spiro atoms. The first-order valence-electron chi connectivity index (χ1n) is 7.95. The number of amides is 1. The van der Waals surface area contributed by atoms with Gasteiger partial charge in [0.2, 0.25) is 0 Å². The number of nitrogens with one attached hydrogen (secondary N) is 1. The van der Waals surface area contributed by atoms with Gasteiger partial charge in [0.05, 0.1) is 12.7 Å². The SMILES string of the molecule is COc1cc(CCNC(=O)COC(=O)c2ccncc2)ccc1OC(F)F. The van der Waals surface area contributed by atoms with Crippen LogP contribution in [0, 0.1) is 0 Å². The van der Waals surface area contributed by atoms with Crippen LogP contribution in [0.4, 0.5) is 8.78 Å². The van der Waals surface area contributed by atoms with Crippen molar-refractivity contribution in [1.82, 2.24) is 10.3 Å². The molecule has 0 aliphatic carbocycles. The average Bonchev–Trinajstić information content (AvgIpc) is 2.67. The predicted octanol–water partition coefficient (Wildman–Crippen LogP) is 2.21. The van der Waals surface area contributed by atoms with Gasteiger partial charge in [-0.1, -0.05) is 6.07 Å². The minimum absolute atomic E-state index is 0.0664. The van der Waals surface area contributed by atoms with Crippen LogP contribution in [0.15, 0.2) is 42.7 Å². The van der Waals surface area contributed by atoms with Crippen LogP contribution in [0.5, 0.6) is 11.5 Å². The summed E-state index contributed by atoms with van der Waals surface area (Å²) in [5.41, 5.74) is 1.05. The highest BCUT2D eigenvalue weighted by molar-refractivity contribution is 5.91. The molecule has 0 radical (unpaired) electrons. The molecule has 0 aliphatic rings. The smallest absolute Gasteiger partial charge is 0.387 e. The van der Waals surface area contributed by atoms with E-state index >= 15 is 0 Å². The molecule has 2 aromatic rings. The first kappa shape index (κ1) is 20.1. The minimum Gasteiger partial charge on any atom is -0.493 e. The number of ether oxygens (including phenoxy) is 3. The number of carbonyl (C=O) groups is 2. The van der Waals surface area contributed by atoms with Crippen molar-refractivity contribution in [3.8, 4) is 11.5 Å². The average molecular weight is 380 g/mol. The van der Waals surface area contributed by atoms with E-state index in [2.05, 4.69) is 15.0 Å². The molecule has 0 bridgehead atoms. The Kier molecular flexibility index (Phi) is 7.48. The molecule has 0 aliphatic heterocycles. The Morgan fingerprint density at radius 3 is 2.56 bits per heavy atom. The summed E-state index contributed by atoms with van der Waals surface area (Å²) in [5, 5.41) is 2.60. The quantitative estimate of drug-likeness (QED) is 0.672. The summed E-state index contributed by atoms with van der Waals surface area (Å²) in [6.07, 6.45) is 3.32. The van der Waals surface area contributed by atoms with Crippen molar-refractivity contribution in [1.29, 1.82) is 0 Å². The molecule has 1 amide bonds. The van der Waals surface area contributed by atoms with Gasteiger partial charge in [0.25, 0.3) is 5.91 Å². The molecular formula is C18H18F2N2O5. The number of hydrogen-bond acceptors (Lipinski definition) is 6. The van der Waals surface area contributed by atoms with Crippen LogP contribution in [0.2, 0.25) is 0 Å².